The van der Waals surface area contributed by atoms with E-state index in [1.165, 1.54) is 31.2 Å². The number of nitrogens with one attached hydrogen (secondary N) is 1. The number of para-hydroxylation sites is 1. The summed E-state index contributed by atoms with van der Waals surface area (Å²) in [5, 5.41) is 3.13. The molecule has 0 aromatic heterocycles. The van der Waals surface area contributed by atoms with E-state index in [-0.39, 0.29) is 24.4 Å². The molecule has 1 unspecified atom stereocenters. The molecule has 29 heavy (non-hydrogen) atoms. The van der Waals surface area contributed by atoms with Crippen molar-refractivity contribution < 1.29 is 14.3 Å². The van der Waals surface area contributed by atoms with Crippen LogP contribution in [0.2, 0.25) is 0 Å². The molecule has 6 heteroatoms. The lowest BCUT2D eigenvalue weighted by molar-refractivity contribution is 0.0930. The van der Waals surface area contributed by atoms with Gasteiger partial charge in [0.15, 0.2) is 0 Å². The Morgan fingerprint density at radius 1 is 0.966 bits per heavy atom. The number of benzene rings is 2. The molecule has 1 saturated heterocycles. The maximum absolute atomic E-state index is 12.8. The third-order valence-corrected chi connectivity index (χ3v) is 5.39. The minimum atomic E-state index is -0.106. The first kappa shape index (κ1) is 23.0. The predicted octanol–water partition coefficient (Wildman–Crippen LogP) is 4.47. The van der Waals surface area contributed by atoms with E-state index in [1.807, 2.05) is 30.3 Å². The number of carbonyl (C=O) groups is 1. The van der Waals surface area contributed by atoms with Crippen molar-refractivity contribution in [2.24, 2.45) is 0 Å². The zero-order valence-corrected chi connectivity index (χ0v) is 18.0. The summed E-state index contributed by atoms with van der Waals surface area (Å²) in [7, 11) is 3.26. The van der Waals surface area contributed by atoms with E-state index in [4.69, 9.17) is 9.47 Å². The zero-order valence-electron chi connectivity index (χ0n) is 17.2. The molecular weight excluding hydrogens is 388 g/mol. The number of nitrogens with zero attached hydrogens (tertiary/aromatic N) is 1. The number of hydrogen-bond acceptors (Lipinski definition) is 4. The fraction of sp³-hybridized carbons (Fsp3) is 0.435. The first-order valence-corrected chi connectivity index (χ1v) is 10.0. The highest BCUT2D eigenvalue weighted by molar-refractivity contribution is 5.96. The quantitative estimate of drug-likeness (QED) is 0.720. The van der Waals surface area contributed by atoms with Crippen LogP contribution in [-0.2, 0) is 0 Å². The highest BCUT2D eigenvalue weighted by Crippen LogP contribution is 2.26. The van der Waals surface area contributed by atoms with Gasteiger partial charge in [0.1, 0.15) is 11.5 Å². The summed E-state index contributed by atoms with van der Waals surface area (Å²) in [6.07, 6.45) is 4.96. The zero-order chi connectivity index (χ0) is 19.8. The van der Waals surface area contributed by atoms with E-state index in [0.717, 1.165) is 18.8 Å². The summed E-state index contributed by atoms with van der Waals surface area (Å²) >= 11 is 0. The Labute approximate surface area is 179 Å². The topological polar surface area (TPSA) is 50.8 Å². The number of hydrogen-bond donors (Lipinski definition) is 1. The van der Waals surface area contributed by atoms with Gasteiger partial charge >= 0.3 is 0 Å². The maximum atomic E-state index is 12.8. The van der Waals surface area contributed by atoms with Gasteiger partial charge in [-0.15, -0.1) is 12.4 Å². The van der Waals surface area contributed by atoms with Crippen LogP contribution in [0, 0.1) is 0 Å². The van der Waals surface area contributed by atoms with Crippen molar-refractivity contribution in [1.29, 1.82) is 0 Å². The van der Waals surface area contributed by atoms with Gasteiger partial charge in [-0.05, 0) is 55.8 Å². The van der Waals surface area contributed by atoms with Gasteiger partial charge in [0.05, 0.1) is 25.8 Å². The predicted molar refractivity (Wildman–Crippen MR) is 118 cm³/mol. The summed E-state index contributed by atoms with van der Waals surface area (Å²) in [5.74, 6) is 1.33. The fourth-order valence-electron chi connectivity index (χ4n) is 3.81. The van der Waals surface area contributed by atoms with Gasteiger partial charge in [-0.2, -0.15) is 0 Å². The Morgan fingerprint density at radius 3 is 2.24 bits per heavy atom. The van der Waals surface area contributed by atoms with Crippen LogP contribution in [-0.4, -0.2) is 44.7 Å². The molecule has 2 aromatic rings. The molecule has 5 nitrogen and oxygen atoms in total. The van der Waals surface area contributed by atoms with Gasteiger partial charge in [0.25, 0.3) is 5.91 Å². The molecule has 1 N–H and O–H groups in total. The average molecular weight is 419 g/mol. The van der Waals surface area contributed by atoms with Gasteiger partial charge in [-0.1, -0.05) is 37.1 Å². The maximum Gasteiger partial charge on any atom is 0.255 e. The van der Waals surface area contributed by atoms with E-state index < -0.39 is 0 Å². The lowest BCUT2D eigenvalue weighted by Gasteiger charge is -2.31. The largest absolute Gasteiger partial charge is 0.497 e. The molecule has 1 aliphatic heterocycles. The summed E-state index contributed by atoms with van der Waals surface area (Å²) in [6, 6.07) is 15.6. The SMILES string of the molecule is COc1ccc(C(CNC(=O)c2ccccc2OC)N2CCCCCC2)cc1.Cl. The van der Waals surface area contributed by atoms with Gasteiger partial charge in [0, 0.05) is 6.54 Å². The molecule has 0 aliphatic carbocycles. The molecule has 158 valence electrons. The summed E-state index contributed by atoms with van der Waals surface area (Å²) in [4.78, 5) is 15.3. The summed E-state index contributed by atoms with van der Waals surface area (Å²) in [6.45, 7) is 2.67. The molecule has 0 bridgehead atoms. The van der Waals surface area contributed by atoms with Gasteiger partial charge in [0.2, 0.25) is 0 Å². The van der Waals surface area contributed by atoms with Crippen LogP contribution < -0.4 is 14.8 Å². The number of amides is 1. The molecule has 0 radical (unpaired) electrons. The molecule has 0 spiro atoms. The Balaban J connectivity index is 0.00000300. The van der Waals surface area contributed by atoms with Crippen LogP contribution in [0.1, 0.15) is 47.6 Å². The second kappa shape index (κ2) is 11.7. The summed E-state index contributed by atoms with van der Waals surface area (Å²) in [5.41, 5.74) is 1.76. The normalized spacial score (nSPS) is 15.5. The van der Waals surface area contributed by atoms with Crippen LogP contribution >= 0.6 is 12.4 Å². The van der Waals surface area contributed by atoms with Crippen molar-refractivity contribution in [2.45, 2.75) is 31.7 Å². The first-order valence-electron chi connectivity index (χ1n) is 10.0. The Bertz CT molecular complexity index is 759. The van der Waals surface area contributed by atoms with E-state index in [0.29, 0.717) is 17.9 Å². The lowest BCUT2D eigenvalue weighted by Crippen LogP contribution is -2.38. The van der Waals surface area contributed by atoms with Gasteiger partial charge < -0.3 is 14.8 Å². The van der Waals surface area contributed by atoms with Crippen molar-refractivity contribution in [3.05, 3.63) is 59.7 Å². The van der Waals surface area contributed by atoms with Crippen molar-refractivity contribution in [2.75, 3.05) is 33.9 Å². The second-order valence-electron chi connectivity index (χ2n) is 7.15. The molecule has 1 amide bonds. The standard InChI is InChI=1S/C23H30N2O3.ClH/c1-27-19-13-11-18(12-14-19)21(25-15-7-3-4-8-16-25)17-24-23(26)20-9-5-6-10-22(20)28-2;/h5-6,9-14,21H,3-4,7-8,15-17H2,1-2H3,(H,24,26);1H. The monoisotopic (exact) mass is 418 g/mol. The first-order chi connectivity index (χ1) is 13.7. The number of carbonyl (C=O) groups excluding carboxylic acids is 1. The Morgan fingerprint density at radius 2 is 1.62 bits per heavy atom. The number of halogens is 1. The molecule has 2 aromatic carbocycles. The minimum absolute atomic E-state index is 0. The molecule has 1 atom stereocenters. The van der Waals surface area contributed by atoms with E-state index in [1.54, 1.807) is 20.3 Å². The average Bonchev–Trinajstić information content (AvgIpc) is 3.03. The number of rotatable bonds is 7. The van der Waals surface area contributed by atoms with Crippen LogP contribution in [0.3, 0.4) is 0 Å². The Hall–Kier alpha value is -2.24. The second-order valence-corrected chi connectivity index (χ2v) is 7.15. The van der Waals surface area contributed by atoms with Crippen LogP contribution in [0.15, 0.2) is 48.5 Å². The number of likely N-dealkylation sites (tertiary alicyclic amines) is 1. The molecule has 0 saturated carbocycles. The third-order valence-electron chi connectivity index (χ3n) is 5.39. The van der Waals surface area contributed by atoms with Crippen LogP contribution in [0.5, 0.6) is 11.5 Å². The molecule has 1 aliphatic rings. The van der Waals surface area contributed by atoms with E-state index in [9.17, 15) is 4.79 Å². The van der Waals surface area contributed by atoms with Crippen LogP contribution in [0.25, 0.3) is 0 Å². The molecule has 1 fully saturated rings. The highest BCUT2D eigenvalue weighted by Gasteiger charge is 2.23. The number of ether oxygens (including phenoxy) is 2. The molecule has 1 heterocycles. The molecule has 3 rings (SSSR count). The van der Waals surface area contributed by atoms with Crippen molar-refractivity contribution in [1.82, 2.24) is 10.2 Å². The number of methoxy groups -OCH3 is 2. The van der Waals surface area contributed by atoms with Gasteiger partial charge in [-0.25, -0.2) is 0 Å². The fourth-order valence-corrected chi connectivity index (χ4v) is 3.81. The van der Waals surface area contributed by atoms with Crippen LogP contribution in [0.4, 0.5) is 0 Å². The van der Waals surface area contributed by atoms with E-state index in [2.05, 4.69) is 22.3 Å². The third kappa shape index (κ3) is 6.12. The van der Waals surface area contributed by atoms with Crippen molar-refractivity contribution in [3.63, 3.8) is 0 Å². The van der Waals surface area contributed by atoms with Crippen molar-refractivity contribution in [3.8, 4) is 11.5 Å². The molecular formula is C23H31ClN2O3. The van der Waals surface area contributed by atoms with Gasteiger partial charge in [-0.3, -0.25) is 9.69 Å². The van der Waals surface area contributed by atoms with E-state index >= 15 is 0 Å². The van der Waals surface area contributed by atoms with Crippen molar-refractivity contribution >= 4 is 18.3 Å². The highest BCUT2D eigenvalue weighted by atomic mass is 35.5. The minimum Gasteiger partial charge on any atom is -0.497 e. The smallest absolute Gasteiger partial charge is 0.255 e. The summed E-state index contributed by atoms with van der Waals surface area (Å²) < 4.78 is 10.6. The Kier molecular flexibility index (Phi) is 9.29. The lowest BCUT2D eigenvalue weighted by atomic mass is 10.0.